The van der Waals surface area contributed by atoms with Crippen molar-refractivity contribution in [2.24, 2.45) is 0 Å². The molecule has 3 heterocycles. The molecule has 0 aliphatic carbocycles. The minimum atomic E-state index is -0.632. The highest BCUT2D eigenvalue weighted by molar-refractivity contribution is 6.30. The monoisotopic (exact) mass is 494 g/mol. The number of amides is 2. The summed E-state index contributed by atoms with van der Waals surface area (Å²) in [7, 11) is 0. The largest absolute Gasteiger partial charge is 0.463 e. The third-order valence-electron chi connectivity index (χ3n) is 6.40. The van der Waals surface area contributed by atoms with Crippen LogP contribution < -0.4 is 10.6 Å². The van der Waals surface area contributed by atoms with Gasteiger partial charge >= 0.3 is 12.0 Å². The first-order valence-electron chi connectivity index (χ1n) is 11.8. The number of esters is 1. The van der Waals surface area contributed by atoms with Crippen molar-refractivity contribution in [1.82, 2.24) is 20.5 Å². The minimum absolute atomic E-state index is 0.132. The molecule has 2 unspecified atom stereocenters. The van der Waals surface area contributed by atoms with Gasteiger partial charge in [-0.2, -0.15) is 0 Å². The molecule has 0 bridgehead atoms. The fourth-order valence-corrected chi connectivity index (χ4v) is 4.91. The number of oxazole rings is 1. The van der Waals surface area contributed by atoms with E-state index in [9.17, 15) is 9.59 Å². The van der Waals surface area contributed by atoms with Crippen molar-refractivity contribution in [2.45, 2.75) is 31.7 Å². The molecule has 0 saturated carbocycles. The lowest BCUT2D eigenvalue weighted by Crippen LogP contribution is -2.49. The number of urea groups is 1. The number of carbonyl (C=O) groups excluding carboxylic acids is 2. The summed E-state index contributed by atoms with van der Waals surface area (Å²) >= 11 is 6.05. The van der Waals surface area contributed by atoms with Crippen LogP contribution >= 0.6 is 11.6 Å². The van der Waals surface area contributed by atoms with Crippen molar-refractivity contribution in [2.75, 3.05) is 26.2 Å². The molecule has 0 radical (unpaired) electrons. The van der Waals surface area contributed by atoms with Crippen LogP contribution in [0.4, 0.5) is 4.79 Å². The van der Waals surface area contributed by atoms with Gasteiger partial charge in [-0.3, -0.25) is 4.90 Å². The number of ether oxygens (including phenoxy) is 1. The quantitative estimate of drug-likeness (QED) is 0.489. The van der Waals surface area contributed by atoms with Crippen LogP contribution in [0.1, 0.15) is 43.2 Å². The highest BCUT2D eigenvalue weighted by Crippen LogP contribution is 2.32. The second kappa shape index (κ2) is 10.1. The van der Waals surface area contributed by atoms with E-state index >= 15 is 0 Å². The number of hydrogen-bond donors (Lipinski definition) is 2. The topological polar surface area (TPSA) is 96.7 Å². The van der Waals surface area contributed by atoms with Crippen LogP contribution in [-0.4, -0.2) is 48.1 Å². The van der Waals surface area contributed by atoms with E-state index in [4.69, 9.17) is 20.8 Å². The fourth-order valence-electron chi connectivity index (χ4n) is 4.79. The van der Waals surface area contributed by atoms with E-state index in [2.05, 4.69) is 20.5 Å². The lowest BCUT2D eigenvalue weighted by atomic mass is 9.94. The summed E-state index contributed by atoms with van der Waals surface area (Å²) in [6.45, 7) is 3.95. The number of fused-ring (bicyclic) bond motifs is 1. The van der Waals surface area contributed by atoms with E-state index in [1.165, 1.54) is 0 Å². The number of nitrogens with one attached hydrogen (secondary N) is 2. The van der Waals surface area contributed by atoms with Crippen LogP contribution in [0, 0.1) is 0 Å². The van der Waals surface area contributed by atoms with Crippen LogP contribution in [0.2, 0.25) is 5.02 Å². The second-order valence-electron chi connectivity index (χ2n) is 8.79. The maximum absolute atomic E-state index is 13.1. The number of hydrogen-bond acceptors (Lipinski definition) is 6. The average Bonchev–Trinajstić information content (AvgIpc) is 3.29. The summed E-state index contributed by atoms with van der Waals surface area (Å²) < 4.78 is 11.4. The zero-order chi connectivity index (χ0) is 24.4. The first-order chi connectivity index (χ1) is 17.0. The smallest absolute Gasteiger partial charge is 0.338 e. The van der Waals surface area contributed by atoms with Crippen LogP contribution in [0.25, 0.3) is 11.1 Å². The lowest BCUT2D eigenvalue weighted by Gasteiger charge is -2.35. The van der Waals surface area contributed by atoms with Gasteiger partial charge in [0.1, 0.15) is 5.52 Å². The van der Waals surface area contributed by atoms with Crippen molar-refractivity contribution in [3.05, 3.63) is 76.3 Å². The Labute approximate surface area is 208 Å². The molecule has 1 fully saturated rings. The van der Waals surface area contributed by atoms with Crippen molar-refractivity contribution in [3.63, 3.8) is 0 Å². The van der Waals surface area contributed by atoms with Crippen LogP contribution in [0.15, 0.2) is 64.2 Å². The number of halogens is 1. The van der Waals surface area contributed by atoms with Gasteiger partial charge in [0.15, 0.2) is 11.5 Å². The van der Waals surface area contributed by atoms with E-state index < -0.39 is 12.0 Å². The van der Waals surface area contributed by atoms with Crippen molar-refractivity contribution in [1.29, 1.82) is 0 Å². The highest BCUT2D eigenvalue weighted by atomic mass is 35.5. The SMILES string of the molecule is CCOC(=O)C1=C(CN2CCCC(c3nc4ccccc4o3)C2)NC(=O)NC1c1ccc(Cl)cc1. The molecule has 9 heteroatoms. The van der Waals surface area contributed by atoms with E-state index in [0.29, 0.717) is 29.4 Å². The van der Waals surface area contributed by atoms with Gasteiger partial charge in [-0.1, -0.05) is 35.9 Å². The molecule has 2 amide bonds. The van der Waals surface area contributed by atoms with Gasteiger partial charge in [-0.05, 0) is 56.1 Å². The Kier molecular flexibility index (Phi) is 6.74. The molecule has 2 atom stereocenters. The minimum Gasteiger partial charge on any atom is -0.463 e. The highest BCUT2D eigenvalue weighted by Gasteiger charge is 2.35. The van der Waals surface area contributed by atoms with Gasteiger partial charge in [0, 0.05) is 29.7 Å². The van der Waals surface area contributed by atoms with Gasteiger partial charge in [0.05, 0.1) is 18.2 Å². The summed E-state index contributed by atoms with van der Waals surface area (Å²) in [4.78, 5) is 32.6. The van der Waals surface area contributed by atoms with E-state index in [-0.39, 0.29) is 18.6 Å². The third kappa shape index (κ3) is 5.04. The molecular formula is C26H27ClN4O4. The molecule has 1 saturated heterocycles. The molecule has 8 nitrogen and oxygen atoms in total. The fraction of sp³-hybridized carbons (Fsp3) is 0.346. The summed E-state index contributed by atoms with van der Waals surface area (Å²) in [5, 5.41) is 6.30. The Morgan fingerprint density at radius 2 is 2.03 bits per heavy atom. The molecule has 35 heavy (non-hydrogen) atoms. The van der Waals surface area contributed by atoms with Crippen molar-refractivity contribution < 1.29 is 18.7 Å². The number of aromatic nitrogens is 1. The number of nitrogens with zero attached hydrogens (tertiary/aromatic N) is 2. The molecule has 1 aromatic heterocycles. The average molecular weight is 495 g/mol. The number of likely N-dealkylation sites (tertiary alicyclic amines) is 1. The molecule has 2 aliphatic rings. The number of rotatable bonds is 6. The normalized spacial score (nSPS) is 21.0. The Hall–Kier alpha value is -3.36. The Morgan fingerprint density at radius 1 is 1.23 bits per heavy atom. The van der Waals surface area contributed by atoms with Gasteiger partial charge in [0.25, 0.3) is 0 Å². The molecule has 182 valence electrons. The lowest BCUT2D eigenvalue weighted by molar-refractivity contribution is -0.139. The molecule has 2 aromatic carbocycles. The maximum Gasteiger partial charge on any atom is 0.338 e. The predicted octanol–water partition coefficient (Wildman–Crippen LogP) is 4.53. The zero-order valence-electron chi connectivity index (χ0n) is 19.4. The molecular weight excluding hydrogens is 468 g/mol. The molecule has 2 aliphatic heterocycles. The van der Waals surface area contributed by atoms with Gasteiger partial charge < -0.3 is 19.8 Å². The van der Waals surface area contributed by atoms with Crippen LogP contribution in [-0.2, 0) is 9.53 Å². The Bertz CT molecular complexity index is 1240. The molecule has 2 N–H and O–H groups in total. The van der Waals surface area contributed by atoms with E-state index in [1.807, 2.05) is 24.3 Å². The molecule has 3 aromatic rings. The summed E-state index contributed by atoms with van der Waals surface area (Å²) in [5.41, 5.74) is 3.34. The van der Waals surface area contributed by atoms with Crippen LogP contribution in [0.5, 0.6) is 0 Å². The van der Waals surface area contributed by atoms with E-state index in [1.54, 1.807) is 31.2 Å². The molecule has 0 spiro atoms. The standard InChI is InChI=1S/C26H27ClN4O4/c1-2-34-25(32)22-20(29-26(33)30-23(22)16-9-11-18(27)12-10-16)15-31-13-5-6-17(14-31)24-28-19-7-3-4-8-21(19)35-24/h3-4,7-12,17,23H,2,5-6,13-15H2,1H3,(H2,29,30,33). The van der Waals surface area contributed by atoms with Gasteiger partial charge in [0.2, 0.25) is 0 Å². The van der Waals surface area contributed by atoms with E-state index in [0.717, 1.165) is 41.9 Å². The van der Waals surface area contributed by atoms with Crippen molar-refractivity contribution >= 4 is 34.7 Å². The van der Waals surface area contributed by atoms with Crippen molar-refractivity contribution in [3.8, 4) is 0 Å². The number of para-hydroxylation sites is 2. The Morgan fingerprint density at radius 3 is 2.80 bits per heavy atom. The first kappa shape index (κ1) is 23.4. The summed E-state index contributed by atoms with van der Waals surface area (Å²) in [6, 6.07) is 13.8. The number of piperidine rings is 1. The Balaban J connectivity index is 1.43. The predicted molar refractivity (Wildman–Crippen MR) is 132 cm³/mol. The van der Waals surface area contributed by atoms with Gasteiger partial charge in [-0.15, -0.1) is 0 Å². The first-order valence-corrected chi connectivity index (χ1v) is 12.2. The summed E-state index contributed by atoms with van der Waals surface area (Å²) in [6.07, 6.45) is 1.92. The third-order valence-corrected chi connectivity index (χ3v) is 6.65. The summed E-state index contributed by atoms with van der Waals surface area (Å²) in [5.74, 6) is 0.401. The van der Waals surface area contributed by atoms with Crippen LogP contribution in [0.3, 0.4) is 0 Å². The van der Waals surface area contributed by atoms with Gasteiger partial charge in [-0.25, -0.2) is 14.6 Å². The number of benzene rings is 2. The zero-order valence-corrected chi connectivity index (χ0v) is 20.2. The number of carbonyl (C=O) groups is 2. The maximum atomic E-state index is 13.1. The second-order valence-corrected chi connectivity index (χ2v) is 9.23. The molecule has 5 rings (SSSR count).